The molecule has 1 fully saturated rings. The highest BCUT2D eigenvalue weighted by Crippen LogP contribution is 2.25. The topological polar surface area (TPSA) is 49.4 Å². The lowest BCUT2D eigenvalue weighted by molar-refractivity contribution is -0.132. The SMILES string of the molecule is CC(=O)NC(CC(=O)N(C)C1CCCC1)c1ccc(Cl)cc1. The first kappa shape index (κ1) is 16.8. The molecule has 1 aromatic rings. The van der Waals surface area contributed by atoms with Crippen molar-refractivity contribution in [2.24, 2.45) is 0 Å². The van der Waals surface area contributed by atoms with Gasteiger partial charge in [0.2, 0.25) is 11.8 Å². The molecule has 0 heterocycles. The van der Waals surface area contributed by atoms with Gasteiger partial charge in [0.15, 0.2) is 0 Å². The molecule has 0 radical (unpaired) electrons. The minimum absolute atomic E-state index is 0.0700. The van der Waals surface area contributed by atoms with Gasteiger partial charge < -0.3 is 10.2 Å². The molecule has 1 aromatic carbocycles. The van der Waals surface area contributed by atoms with Crippen molar-refractivity contribution in [3.8, 4) is 0 Å². The minimum atomic E-state index is -0.314. The standard InChI is InChI=1S/C17H23ClN2O2/c1-12(21)19-16(13-7-9-14(18)10-8-13)11-17(22)20(2)15-5-3-4-6-15/h7-10,15-16H,3-6,11H2,1-2H3,(H,19,21). The molecule has 120 valence electrons. The van der Waals surface area contributed by atoms with Crippen LogP contribution in [0.5, 0.6) is 0 Å². The highest BCUT2D eigenvalue weighted by molar-refractivity contribution is 6.30. The Morgan fingerprint density at radius 3 is 2.41 bits per heavy atom. The third kappa shape index (κ3) is 4.47. The monoisotopic (exact) mass is 322 g/mol. The molecule has 1 N–H and O–H groups in total. The summed E-state index contributed by atoms with van der Waals surface area (Å²) in [6.07, 6.45) is 4.80. The van der Waals surface area contributed by atoms with Gasteiger partial charge in [-0.3, -0.25) is 9.59 Å². The normalized spacial score (nSPS) is 16.3. The van der Waals surface area contributed by atoms with Crippen LogP contribution in [0.15, 0.2) is 24.3 Å². The number of nitrogens with zero attached hydrogens (tertiary/aromatic N) is 1. The Hall–Kier alpha value is -1.55. The van der Waals surface area contributed by atoms with E-state index in [0.717, 1.165) is 18.4 Å². The van der Waals surface area contributed by atoms with Crippen LogP contribution in [-0.4, -0.2) is 29.8 Å². The summed E-state index contributed by atoms with van der Waals surface area (Å²) in [7, 11) is 1.87. The third-order valence-corrected chi connectivity index (χ3v) is 4.55. The number of amides is 2. The lowest BCUT2D eigenvalue weighted by atomic mass is 10.0. The van der Waals surface area contributed by atoms with E-state index in [0.29, 0.717) is 11.1 Å². The summed E-state index contributed by atoms with van der Waals surface area (Å²) >= 11 is 5.90. The number of carbonyl (C=O) groups is 2. The van der Waals surface area contributed by atoms with E-state index in [9.17, 15) is 9.59 Å². The maximum absolute atomic E-state index is 12.5. The van der Waals surface area contributed by atoms with E-state index in [4.69, 9.17) is 11.6 Å². The van der Waals surface area contributed by atoms with Crippen LogP contribution in [0, 0.1) is 0 Å². The van der Waals surface area contributed by atoms with Crippen molar-refractivity contribution in [2.75, 3.05) is 7.05 Å². The Morgan fingerprint density at radius 1 is 1.27 bits per heavy atom. The van der Waals surface area contributed by atoms with Gasteiger partial charge in [0.25, 0.3) is 0 Å². The van der Waals surface area contributed by atoms with Gasteiger partial charge in [0, 0.05) is 25.0 Å². The Balaban J connectivity index is 2.06. The maximum Gasteiger partial charge on any atom is 0.224 e. The van der Waals surface area contributed by atoms with E-state index in [-0.39, 0.29) is 24.3 Å². The first-order valence-corrected chi connectivity index (χ1v) is 8.13. The van der Waals surface area contributed by atoms with E-state index in [1.165, 1.54) is 19.8 Å². The van der Waals surface area contributed by atoms with Crippen LogP contribution in [-0.2, 0) is 9.59 Å². The molecule has 1 unspecified atom stereocenters. The highest BCUT2D eigenvalue weighted by Gasteiger charge is 2.26. The summed E-state index contributed by atoms with van der Waals surface area (Å²) in [6, 6.07) is 7.28. The second-order valence-electron chi connectivity index (χ2n) is 5.95. The fourth-order valence-corrected chi connectivity index (χ4v) is 3.13. The Bertz CT molecular complexity index is 524. The summed E-state index contributed by atoms with van der Waals surface area (Å²) in [5.41, 5.74) is 0.896. The van der Waals surface area contributed by atoms with E-state index >= 15 is 0 Å². The molecule has 0 aromatic heterocycles. The molecule has 0 aliphatic heterocycles. The molecule has 4 nitrogen and oxygen atoms in total. The molecule has 1 saturated carbocycles. The molecule has 1 atom stereocenters. The Morgan fingerprint density at radius 2 is 1.86 bits per heavy atom. The molecular weight excluding hydrogens is 300 g/mol. The van der Waals surface area contributed by atoms with Crippen LogP contribution in [0.4, 0.5) is 0 Å². The van der Waals surface area contributed by atoms with Gasteiger partial charge in [0.05, 0.1) is 12.5 Å². The zero-order chi connectivity index (χ0) is 16.1. The average Bonchev–Trinajstić information content (AvgIpc) is 3.00. The highest BCUT2D eigenvalue weighted by atomic mass is 35.5. The molecule has 2 amide bonds. The van der Waals surface area contributed by atoms with Crippen molar-refractivity contribution in [1.29, 1.82) is 0 Å². The summed E-state index contributed by atoms with van der Waals surface area (Å²) in [6.45, 7) is 1.47. The molecule has 0 saturated heterocycles. The lowest BCUT2D eigenvalue weighted by Gasteiger charge is -2.27. The van der Waals surface area contributed by atoms with Gasteiger partial charge in [-0.15, -0.1) is 0 Å². The third-order valence-electron chi connectivity index (χ3n) is 4.29. The van der Waals surface area contributed by atoms with Gasteiger partial charge in [-0.1, -0.05) is 36.6 Å². The van der Waals surface area contributed by atoms with Gasteiger partial charge in [-0.2, -0.15) is 0 Å². The number of rotatable bonds is 5. The summed E-state index contributed by atoms with van der Waals surface area (Å²) in [5, 5.41) is 3.50. The average molecular weight is 323 g/mol. The number of carbonyl (C=O) groups excluding carboxylic acids is 2. The molecule has 2 rings (SSSR count). The van der Waals surface area contributed by atoms with Gasteiger partial charge in [0.1, 0.15) is 0 Å². The number of nitrogens with one attached hydrogen (secondary N) is 1. The summed E-state index contributed by atoms with van der Waals surface area (Å²) < 4.78 is 0. The van der Waals surface area contributed by atoms with Crippen LogP contribution in [0.25, 0.3) is 0 Å². The molecule has 0 bridgehead atoms. The number of halogens is 1. The minimum Gasteiger partial charge on any atom is -0.349 e. The second kappa shape index (κ2) is 7.63. The Kier molecular flexibility index (Phi) is 5.83. The molecular formula is C17H23ClN2O2. The fourth-order valence-electron chi connectivity index (χ4n) is 3.01. The van der Waals surface area contributed by atoms with Gasteiger partial charge in [-0.25, -0.2) is 0 Å². The van der Waals surface area contributed by atoms with E-state index in [1.807, 2.05) is 24.1 Å². The molecule has 1 aliphatic carbocycles. The van der Waals surface area contributed by atoms with Crippen LogP contribution < -0.4 is 5.32 Å². The summed E-state index contributed by atoms with van der Waals surface area (Å²) in [5.74, 6) is -0.0723. The van der Waals surface area contributed by atoms with Gasteiger partial charge in [-0.05, 0) is 30.5 Å². The zero-order valence-electron chi connectivity index (χ0n) is 13.1. The number of hydrogen-bond acceptors (Lipinski definition) is 2. The summed E-state index contributed by atoms with van der Waals surface area (Å²) in [4.78, 5) is 25.8. The molecule has 22 heavy (non-hydrogen) atoms. The van der Waals surface area contributed by atoms with Crippen molar-refractivity contribution in [3.05, 3.63) is 34.9 Å². The lowest BCUT2D eigenvalue weighted by Crippen LogP contribution is -2.38. The molecule has 1 aliphatic rings. The smallest absolute Gasteiger partial charge is 0.224 e. The predicted octanol–water partition coefficient (Wildman–Crippen LogP) is 3.31. The van der Waals surface area contributed by atoms with Crippen molar-refractivity contribution < 1.29 is 9.59 Å². The van der Waals surface area contributed by atoms with Crippen molar-refractivity contribution in [3.63, 3.8) is 0 Å². The Labute approximate surface area is 136 Å². The zero-order valence-corrected chi connectivity index (χ0v) is 13.9. The van der Waals surface area contributed by atoms with Crippen molar-refractivity contribution in [1.82, 2.24) is 10.2 Å². The molecule has 0 spiro atoms. The first-order valence-electron chi connectivity index (χ1n) is 7.75. The van der Waals surface area contributed by atoms with E-state index in [1.54, 1.807) is 12.1 Å². The van der Waals surface area contributed by atoms with Crippen LogP contribution >= 0.6 is 11.6 Å². The first-order chi connectivity index (χ1) is 10.5. The second-order valence-corrected chi connectivity index (χ2v) is 6.39. The van der Waals surface area contributed by atoms with E-state index in [2.05, 4.69) is 5.32 Å². The number of benzene rings is 1. The predicted molar refractivity (Wildman–Crippen MR) is 87.7 cm³/mol. The fraction of sp³-hybridized carbons (Fsp3) is 0.529. The van der Waals surface area contributed by atoms with Crippen LogP contribution in [0.1, 0.15) is 50.6 Å². The van der Waals surface area contributed by atoms with Crippen LogP contribution in [0.2, 0.25) is 5.02 Å². The maximum atomic E-state index is 12.5. The van der Waals surface area contributed by atoms with E-state index < -0.39 is 0 Å². The van der Waals surface area contributed by atoms with Crippen LogP contribution in [0.3, 0.4) is 0 Å². The van der Waals surface area contributed by atoms with Crippen molar-refractivity contribution >= 4 is 23.4 Å². The van der Waals surface area contributed by atoms with Gasteiger partial charge >= 0.3 is 0 Å². The van der Waals surface area contributed by atoms with Crippen molar-refractivity contribution in [2.45, 2.75) is 51.1 Å². The largest absolute Gasteiger partial charge is 0.349 e. The number of hydrogen-bond donors (Lipinski definition) is 1. The quantitative estimate of drug-likeness (QED) is 0.904. The molecule has 5 heteroatoms.